The zero-order valence-corrected chi connectivity index (χ0v) is 14.7. The van der Waals surface area contributed by atoms with Gasteiger partial charge < -0.3 is 19.9 Å². The lowest BCUT2D eigenvalue weighted by molar-refractivity contribution is -0.136. The maximum Gasteiger partial charge on any atom is 0.254 e. The highest BCUT2D eigenvalue weighted by molar-refractivity contribution is 5.99. The molecule has 1 N–H and O–H groups in total. The molecule has 0 bridgehead atoms. The van der Waals surface area contributed by atoms with Gasteiger partial charge in [-0.25, -0.2) is 0 Å². The van der Waals surface area contributed by atoms with Crippen molar-refractivity contribution in [3.05, 3.63) is 29.3 Å². The van der Waals surface area contributed by atoms with Gasteiger partial charge in [-0.15, -0.1) is 0 Å². The van der Waals surface area contributed by atoms with Gasteiger partial charge in [0.15, 0.2) is 0 Å². The standard InChI is InChI=1S/C18H23N3O4/c1-11-15(5-4-6-16(11)25-3)18(24)20-9-14-7-13(19-12(2)22)8-21(14)17(23)10-20/h4-6,13-14H,7-10H2,1-3H3,(H,19,22)/t13-,14-/m0/s1. The average molecular weight is 345 g/mol. The molecule has 0 unspecified atom stereocenters. The van der Waals surface area contributed by atoms with Crippen molar-refractivity contribution in [3.8, 4) is 5.75 Å². The number of fused-ring (bicyclic) bond motifs is 1. The van der Waals surface area contributed by atoms with Gasteiger partial charge in [0, 0.05) is 37.2 Å². The molecule has 0 spiro atoms. The molecule has 1 aromatic rings. The van der Waals surface area contributed by atoms with E-state index in [1.807, 2.05) is 13.0 Å². The predicted octanol–water partition coefficient (Wildman–Crippen LogP) is 0.565. The first-order valence-electron chi connectivity index (χ1n) is 8.40. The second kappa shape index (κ2) is 6.74. The summed E-state index contributed by atoms with van der Waals surface area (Å²) in [4.78, 5) is 40.0. The predicted molar refractivity (Wildman–Crippen MR) is 91.4 cm³/mol. The number of nitrogens with zero attached hydrogens (tertiary/aromatic N) is 2. The molecule has 0 aromatic heterocycles. The average Bonchev–Trinajstić information content (AvgIpc) is 2.96. The van der Waals surface area contributed by atoms with E-state index in [0.29, 0.717) is 30.8 Å². The molecule has 2 aliphatic rings. The third-order valence-corrected chi connectivity index (χ3v) is 4.92. The van der Waals surface area contributed by atoms with Crippen molar-refractivity contribution in [2.24, 2.45) is 0 Å². The molecule has 7 heteroatoms. The smallest absolute Gasteiger partial charge is 0.254 e. The van der Waals surface area contributed by atoms with Crippen molar-refractivity contribution in [3.63, 3.8) is 0 Å². The van der Waals surface area contributed by atoms with Crippen LogP contribution in [0.1, 0.15) is 29.3 Å². The first-order valence-corrected chi connectivity index (χ1v) is 8.40. The third kappa shape index (κ3) is 3.31. The minimum Gasteiger partial charge on any atom is -0.496 e. The van der Waals surface area contributed by atoms with E-state index in [1.165, 1.54) is 6.92 Å². The van der Waals surface area contributed by atoms with E-state index in [1.54, 1.807) is 29.0 Å². The van der Waals surface area contributed by atoms with Crippen LogP contribution >= 0.6 is 0 Å². The summed E-state index contributed by atoms with van der Waals surface area (Å²) in [5.41, 5.74) is 1.32. The maximum atomic E-state index is 12.9. The highest BCUT2D eigenvalue weighted by Gasteiger charge is 2.41. The maximum absolute atomic E-state index is 12.9. The van der Waals surface area contributed by atoms with Crippen LogP contribution in [-0.4, -0.2) is 66.3 Å². The van der Waals surface area contributed by atoms with Crippen molar-refractivity contribution >= 4 is 17.7 Å². The fourth-order valence-electron chi connectivity index (χ4n) is 3.75. The summed E-state index contributed by atoms with van der Waals surface area (Å²) >= 11 is 0. The Morgan fingerprint density at radius 1 is 1.28 bits per heavy atom. The second-order valence-electron chi connectivity index (χ2n) is 6.65. The molecule has 2 aliphatic heterocycles. The molecule has 134 valence electrons. The lowest BCUT2D eigenvalue weighted by atomic mass is 10.0. The SMILES string of the molecule is COc1cccc(C(=O)N2CC(=O)N3C[C@@H](NC(C)=O)C[C@H]3C2)c1C. The van der Waals surface area contributed by atoms with Crippen LogP contribution in [0.15, 0.2) is 18.2 Å². The van der Waals surface area contributed by atoms with E-state index >= 15 is 0 Å². The summed E-state index contributed by atoms with van der Waals surface area (Å²) in [6.45, 7) is 4.38. The molecule has 2 atom stereocenters. The van der Waals surface area contributed by atoms with Crippen LogP contribution in [0, 0.1) is 6.92 Å². The number of ether oxygens (including phenoxy) is 1. The minimum absolute atomic E-state index is 0.0416. The zero-order chi connectivity index (χ0) is 18.1. The van der Waals surface area contributed by atoms with Gasteiger partial charge in [0.05, 0.1) is 13.2 Å². The van der Waals surface area contributed by atoms with Gasteiger partial charge in [-0.05, 0) is 25.5 Å². The first kappa shape index (κ1) is 17.3. The number of carbonyl (C=O) groups is 3. The van der Waals surface area contributed by atoms with E-state index in [4.69, 9.17) is 4.74 Å². The van der Waals surface area contributed by atoms with Crippen molar-refractivity contribution in [1.29, 1.82) is 0 Å². The molecule has 2 fully saturated rings. The van der Waals surface area contributed by atoms with Gasteiger partial charge in [0.2, 0.25) is 11.8 Å². The van der Waals surface area contributed by atoms with Crippen molar-refractivity contribution in [1.82, 2.24) is 15.1 Å². The van der Waals surface area contributed by atoms with Crippen LogP contribution < -0.4 is 10.1 Å². The monoisotopic (exact) mass is 345 g/mol. The molecule has 0 saturated carbocycles. The molecule has 3 amide bonds. The van der Waals surface area contributed by atoms with E-state index in [9.17, 15) is 14.4 Å². The van der Waals surface area contributed by atoms with Gasteiger partial charge in [-0.2, -0.15) is 0 Å². The molecule has 3 rings (SSSR count). The minimum atomic E-state index is -0.160. The number of hydrogen-bond acceptors (Lipinski definition) is 4. The molecule has 2 heterocycles. The number of benzene rings is 1. The highest BCUT2D eigenvalue weighted by atomic mass is 16.5. The summed E-state index contributed by atoms with van der Waals surface area (Å²) < 4.78 is 5.28. The van der Waals surface area contributed by atoms with Crippen LogP contribution in [0.25, 0.3) is 0 Å². The molecule has 0 radical (unpaired) electrons. The Morgan fingerprint density at radius 3 is 2.72 bits per heavy atom. The van der Waals surface area contributed by atoms with Crippen molar-refractivity contribution in [2.45, 2.75) is 32.4 Å². The highest BCUT2D eigenvalue weighted by Crippen LogP contribution is 2.26. The van der Waals surface area contributed by atoms with Crippen LogP contribution in [0.5, 0.6) is 5.75 Å². The number of nitrogens with one attached hydrogen (secondary N) is 1. The van der Waals surface area contributed by atoms with Crippen LogP contribution in [0.4, 0.5) is 0 Å². The van der Waals surface area contributed by atoms with Gasteiger partial charge in [0.25, 0.3) is 5.91 Å². The topological polar surface area (TPSA) is 79.0 Å². The fraction of sp³-hybridized carbons (Fsp3) is 0.500. The van der Waals surface area contributed by atoms with Gasteiger partial charge in [-0.1, -0.05) is 6.07 Å². The van der Waals surface area contributed by atoms with Crippen molar-refractivity contribution in [2.75, 3.05) is 26.7 Å². The van der Waals surface area contributed by atoms with E-state index in [0.717, 1.165) is 5.56 Å². The number of methoxy groups -OCH3 is 1. The van der Waals surface area contributed by atoms with Crippen LogP contribution in [0.3, 0.4) is 0 Å². The summed E-state index contributed by atoms with van der Waals surface area (Å²) in [5.74, 6) is 0.324. The van der Waals surface area contributed by atoms with Gasteiger partial charge in [0.1, 0.15) is 12.3 Å². The van der Waals surface area contributed by atoms with Gasteiger partial charge in [-0.3, -0.25) is 14.4 Å². The Bertz CT molecular complexity index is 718. The van der Waals surface area contributed by atoms with E-state index < -0.39 is 0 Å². The molecule has 0 aliphatic carbocycles. The normalized spacial score (nSPS) is 22.6. The Balaban J connectivity index is 1.76. The number of amides is 3. The third-order valence-electron chi connectivity index (χ3n) is 4.92. The molecule has 2 saturated heterocycles. The molecule has 7 nitrogen and oxygen atoms in total. The lowest BCUT2D eigenvalue weighted by Gasteiger charge is -2.37. The van der Waals surface area contributed by atoms with E-state index in [2.05, 4.69) is 5.32 Å². The second-order valence-corrected chi connectivity index (χ2v) is 6.65. The van der Waals surface area contributed by atoms with Gasteiger partial charge >= 0.3 is 0 Å². The quantitative estimate of drug-likeness (QED) is 0.868. The Kier molecular flexibility index (Phi) is 4.65. The Labute approximate surface area is 146 Å². The summed E-state index contributed by atoms with van der Waals surface area (Å²) in [7, 11) is 1.57. The fourth-order valence-corrected chi connectivity index (χ4v) is 3.75. The number of rotatable bonds is 3. The number of piperazine rings is 1. The Morgan fingerprint density at radius 2 is 2.04 bits per heavy atom. The molecule has 1 aromatic carbocycles. The summed E-state index contributed by atoms with van der Waals surface area (Å²) in [6, 6.07) is 5.25. The summed E-state index contributed by atoms with van der Waals surface area (Å²) in [5, 5.41) is 2.87. The largest absolute Gasteiger partial charge is 0.496 e. The van der Waals surface area contributed by atoms with Crippen LogP contribution in [0.2, 0.25) is 0 Å². The summed E-state index contributed by atoms with van der Waals surface area (Å²) in [6.07, 6.45) is 0.673. The Hall–Kier alpha value is -2.57. The number of hydrogen-bond donors (Lipinski definition) is 1. The van der Waals surface area contributed by atoms with Crippen LogP contribution in [-0.2, 0) is 9.59 Å². The van der Waals surface area contributed by atoms with Crippen molar-refractivity contribution < 1.29 is 19.1 Å². The first-order chi connectivity index (χ1) is 11.9. The molecular formula is C18H23N3O4. The zero-order valence-electron chi connectivity index (χ0n) is 14.7. The molecule has 25 heavy (non-hydrogen) atoms. The lowest BCUT2D eigenvalue weighted by Crippen LogP contribution is -2.55. The molecular weight excluding hydrogens is 322 g/mol. The number of carbonyl (C=O) groups excluding carboxylic acids is 3. The van der Waals surface area contributed by atoms with E-state index in [-0.39, 0.29) is 36.3 Å².